The third kappa shape index (κ3) is 3.46. The molecule has 0 aliphatic rings. The van der Waals surface area contributed by atoms with Crippen molar-refractivity contribution in [3.05, 3.63) is 17.7 Å². The van der Waals surface area contributed by atoms with Crippen molar-refractivity contribution >= 4 is 12.4 Å². The van der Waals surface area contributed by atoms with Gasteiger partial charge in [-0.25, -0.2) is 0 Å². The minimum absolute atomic E-state index is 0. The molecule has 0 aromatic heterocycles. The second kappa shape index (κ2) is 7.19. The molecule has 2 N–H and O–H groups in total. The predicted octanol–water partition coefficient (Wildman–Crippen LogP) is 3.33. The van der Waals surface area contributed by atoms with Crippen molar-refractivity contribution in [3.8, 4) is 17.2 Å². The van der Waals surface area contributed by atoms with Gasteiger partial charge in [-0.2, -0.15) is 22.0 Å². The third-order valence-corrected chi connectivity index (χ3v) is 2.84. The van der Waals surface area contributed by atoms with Gasteiger partial charge in [0.15, 0.2) is 11.5 Å². The number of alkyl halides is 5. The van der Waals surface area contributed by atoms with Gasteiger partial charge in [-0.3, -0.25) is 0 Å². The summed E-state index contributed by atoms with van der Waals surface area (Å²) >= 11 is 0. The number of methoxy groups -OCH3 is 3. The number of hydrogen-bond acceptors (Lipinski definition) is 4. The van der Waals surface area contributed by atoms with Crippen molar-refractivity contribution in [3.63, 3.8) is 0 Å². The monoisotopic (exact) mass is 351 g/mol. The van der Waals surface area contributed by atoms with E-state index < -0.39 is 23.7 Å². The van der Waals surface area contributed by atoms with Crippen molar-refractivity contribution in [2.45, 2.75) is 18.1 Å². The number of benzene rings is 1. The minimum atomic E-state index is -5.79. The lowest BCUT2D eigenvalue weighted by Gasteiger charge is -2.27. The van der Waals surface area contributed by atoms with Gasteiger partial charge in [0.25, 0.3) is 0 Å². The van der Waals surface area contributed by atoms with E-state index >= 15 is 0 Å². The lowest BCUT2D eigenvalue weighted by Crippen LogP contribution is -2.46. The van der Waals surface area contributed by atoms with Crippen molar-refractivity contribution < 1.29 is 36.2 Å². The Balaban J connectivity index is 0.00000441. The van der Waals surface area contributed by atoms with Crippen LogP contribution in [-0.2, 0) is 0 Å². The first-order chi connectivity index (χ1) is 9.61. The van der Waals surface area contributed by atoms with E-state index in [1.807, 2.05) is 0 Å². The molecule has 0 unspecified atom stereocenters. The van der Waals surface area contributed by atoms with Gasteiger partial charge in [0.05, 0.1) is 21.3 Å². The number of hydrogen-bond donors (Lipinski definition) is 1. The highest BCUT2D eigenvalue weighted by molar-refractivity contribution is 5.85. The zero-order valence-electron chi connectivity index (χ0n) is 11.8. The largest absolute Gasteiger partial charge is 0.493 e. The summed E-state index contributed by atoms with van der Waals surface area (Å²) in [4.78, 5) is 0. The molecule has 1 aromatic carbocycles. The highest BCUT2D eigenvalue weighted by Crippen LogP contribution is 2.49. The molecule has 22 heavy (non-hydrogen) atoms. The first kappa shape index (κ1) is 20.5. The first-order valence-electron chi connectivity index (χ1n) is 5.60. The van der Waals surface area contributed by atoms with Gasteiger partial charge in [-0.1, -0.05) is 0 Å². The Morgan fingerprint density at radius 3 is 1.77 bits per heavy atom. The number of nitrogens with two attached hydrogens (primary N) is 1. The van der Waals surface area contributed by atoms with Crippen LogP contribution in [-0.4, -0.2) is 33.4 Å². The molecule has 0 spiro atoms. The molecule has 1 atom stereocenters. The molecule has 0 heterocycles. The quantitative estimate of drug-likeness (QED) is 0.827. The van der Waals surface area contributed by atoms with Crippen LogP contribution in [0.1, 0.15) is 11.6 Å². The Kier molecular flexibility index (Phi) is 6.70. The fourth-order valence-corrected chi connectivity index (χ4v) is 1.74. The van der Waals surface area contributed by atoms with Crippen LogP contribution in [0.2, 0.25) is 0 Å². The van der Waals surface area contributed by atoms with Crippen molar-refractivity contribution in [2.24, 2.45) is 5.73 Å². The Labute approximate surface area is 129 Å². The number of rotatable bonds is 5. The lowest BCUT2D eigenvalue weighted by atomic mass is 9.99. The van der Waals surface area contributed by atoms with Gasteiger partial charge in [0, 0.05) is 5.56 Å². The van der Waals surface area contributed by atoms with E-state index in [0.717, 1.165) is 13.2 Å². The van der Waals surface area contributed by atoms with E-state index in [1.165, 1.54) is 20.3 Å². The Bertz CT molecular complexity index is 510. The normalized spacial score (nSPS) is 13.1. The van der Waals surface area contributed by atoms with Crippen molar-refractivity contribution in [1.82, 2.24) is 0 Å². The van der Waals surface area contributed by atoms with Crippen molar-refractivity contribution in [2.75, 3.05) is 21.3 Å². The van der Waals surface area contributed by atoms with E-state index in [-0.39, 0.29) is 29.7 Å². The SMILES string of the molecule is COc1ccc([C@H](N)C(F)(F)C(F)(F)F)c(OC)c1OC.Cl. The molecule has 128 valence electrons. The highest BCUT2D eigenvalue weighted by atomic mass is 35.5. The summed E-state index contributed by atoms with van der Waals surface area (Å²) in [6, 6.07) is -0.500. The molecule has 0 amide bonds. The van der Waals surface area contributed by atoms with Gasteiger partial charge in [-0.15, -0.1) is 12.4 Å². The molecule has 0 fully saturated rings. The molecule has 10 heteroatoms. The highest BCUT2D eigenvalue weighted by Gasteiger charge is 2.62. The molecule has 1 rings (SSSR count). The summed E-state index contributed by atoms with van der Waals surface area (Å²) in [6.07, 6.45) is -5.79. The van der Waals surface area contributed by atoms with Crippen LogP contribution in [0.15, 0.2) is 12.1 Å². The summed E-state index contributed by atoms with van der Waals surface area (Å²) in [7, 11) is 3.57. The fraction of sp³-hybridized carbons (Fsp3) is 0.500. The average molecular weight is 352 g/mol. The molecule has 0 aliphatic heterocycles. The van der Waals surface area contributed by atoms with Crippen LogP contribution in [0.5, 0.6) is 17.2 Å². The van der Waals surface area contributed by atoms with Crippen LogP contribution in [0.4, 0.5) is 22.0 Å². The molecule has 0 saturated heterocycles. The Morgan fingerprint density at radius 1 is 0.909 bits per heavy atom. The molecule has 0 aliphatic carbocycles. The predicted molar refractivity (Wildman–Crippen MR) is 71.3 cm³/mol. The number of halogens is 6. The van der Waals surface area contributed by atoms with Gasteiger partial charge in [0.2, 0.25) is 5.75 Å². The number of ether oxygens (including phenoxy) is 3. The van der Waals surface area contributed by atoms with Crippen LogP contribution in [0, 0.1) is 0 Å². The van der Waals surface area contributed by atoms with Crippen LogP contribution in [0.3, 0.4) is 0 Å². The zero-order valence-corrected chi connectivity index (χ0v) is 12.6. The summed E-state index contributed by atoms with van der Waals surface area (Å²) in [6.45, 7) is 0. The van der Waals surface area contributed by atoms with Crippen LogP contribution in [0.25, 0.3) is 0 Å². The van der Waals surface area contributed by atoms with E-state index in [0.29, 0.717) is 0 Å². The summed E-state index contributed by atoms with van der Waals surface area (Å²) < 4.78 is 78.6. The molecule has 1 aromatic rings. The lowest BCUT2D eigenvalue weighted by molar-refractivity contribution is -0.291. The second-order valence-electron chi connectivity index (χ2n) is 4.02. The van der Waals surface area contributed by atoms with Crippen LogP contribution >= 0.6 is 12.4 Å². The topological polar surface area (TPSA) is 53.7 Å². The molecule has 4 nitrogen and oxygen atoms in total. The van der Waals surface area contributed by atoms with Crippen LogP contribution < -0.4 is 19.9 Å². The van der Waals surface area contributed by atoms with E-state index in [1.54, 1.807) is 0 Å². The minimum Gasteiger partial charge on any atom is -0.493 e. The molecule has 0 radical (unpaired) electrons. The fourth-order valence-electron chi connectivity index (χ4n) is 1.74. The summed E-state index contributed by atoms with van der Waals surface area (Å²) in [5.41, 5.74) is 4.56. The second-order valence-corrected chi connectivity index (χ2v) is 4.02. The Morgan fingerprint density at radius 2 is 1.41 bits per heavy atom. The van der Waals surface area contributed by atoms with E-state index in [4.69, 9.17) is 19.9 Å². The van der Waals surface area contributed by atoms with Gasteiger partial charge < -0.3 is 19.9 Å². The first-order valence-corrected chi connectivity index (χ1v) is 5.60. The average Bonchev–Trinajstić information content (AvgIpc) is 2.43. The molecule has 0 bridgehead atoms. The summed E-state index contributed by atoms with van der Waals surface area (Å²) in [5, 5.41) is 0. The van der Waals surface area contributed by atoms with Crippen molar-refractivity contribution in [1.29, 1.82) is 0 Å². The third-order valence-electron chi connectivity index (χ3n) is 2.84. The molecular formula is C12H15ClF5NO3. The van der Waals surface area contributed by atoms with E-state index in [9.17, 15) is 22.0 Å². The summed E-state index contributed by atoms with van der Waals surface area (Å²) in [5.74, 6) is -5.47. The Hall–Kier alpha value is -1.48. The smallest absolute Gasteiger partial charge is 0.455 e. The maximum atomic E-state index is 13.4. The molecule has 0 saturated carbocycles. The van der Waals surface area contributed by atoms with Gasteiger partial charge in [0.1, 0.15) is 6.04 Å². The van der Waals surface area contributed by atoms with E-state index in [2.05, 4.69) is 0 Å². The maximum absolute atomic E-state index is 13.4. The molecular weight excluding hydrogens is 337 g/mol. The van der Waals surface area contributed by atoms with Gasteiger partial charge in [-0.05, 0) is 12.1 Å². The maximum Gasteiger partial charge on any atom is 0.455 e. The van der Waals surface area contributed by atoms with Gasteiger partial charge >= 0.3 is 12.1 Å². The zero-order chi connectivity index (χ0) is 16.4. The standard InChI is InChI=1S/C12H14F5NO3.ClH/c1-19-7-5-4-6(8(20-2)9(7)21-3)10(18)11(13,14)12(15,16)17;/h4-5,10H,18H2,1-3H3;1H/t10-;/m0./s1.